The number of para-hydroxylation sites is 1. The molecule has 1 aromatic heterocycles. The highest BCUT2D eigenvalue weighted by molar-refractivity contribution is 5.94. The molecule has 0 bridgehead atoms. The number of hydrogen-bond acceptors (Lipinski definition) is 5. The fourth-order valence-corrected chi connectivity index (χ4v) is 2.75. The van der Waals surface area contributed by atoms with E-state index in [-0.39, 0.29) is 6.79 Å². The molecule has 4 rings (SSSR count). The van der Waals surface area contributed by atoms with Gasteiger partial charge in [0.15, 0.2) is 17.6 Å². The smallest absolute Gasteiger partial charge is 0.343 e. The van der Waals surface area contributed by atoms with E-state index in [1.807, 2.05) is 42.5 Å². The van der Waals surface area contributed by atoms with Crippen LogP contribution >= 0.6 is 0 Å². The van der Waals surface area contributed by atoms with Crippen molar-refractivity contribution >= 4 is 5.97 Å². The Bertz CT molecular complexity index is 841. The zero-order valence-electron chi connectivity index (χ0n) is 13.3. The highest BCUT2D eigenvalue weighted by atomic mass is 16.7. The number of hydrogen-bond donors (Lipinski definition) is 0. The molecule has 5 nitrogen and oxygen atoms in total. The Morgan fingerprint density at radius 1 is 0.960 bits per heavy atom. The van der Waals surface area contributed by atoms with Gasteiger partial charge in [-0.15, -0.1) is 0 Å². The number of pyridine rings is 1. The zero-order chi connectivity index (χ0) is 17.1. The third-order valence-electron chi connectivity index (χ3n) is 3.93. The maximum absolute atomic E-state index is 12.8. The molecule has 0 fully saturated rings. The van der Waals surface area contributed by atoms with Crippen LogP contribution in [0.25, 0.3) is 0 Å². The summed E-state index contributed by atoms with van der Waals surface area (Å²) in [4.78, 5) is 16.9. The lowest BCUT2D eigenvalue weighted by molar-refractivity contribution is 0.0373. The van der Waals surface area contributed by atoms with Crippen LogP contribution in [0.1, 0.15) is 27.6 Å². The number of carbonyl (C=O) groups excluding carboxylic acids is 1. The van der Waals surface area contributed by atoms with Gasteiger partial charge in [0.05, 0.1) is 0 Å². The molecule has 0 unspecified atom stereocenters. The average molecular weight is 333 g/mol. The summed E-state index contributed by atoms with van der Waals surface area (Å²) < 4.78 is 16.6. The van der Waals surface area contributed by atoms with Crippen LogP contribution in [-0.4, -0.2) is 17.7 Å². The SMILES string of the molecule is O=C(O[C@H](c1ccccc1)c1cccnc1)c1cccc2c1OCO2. The number of ether oxygens (including phenoxy) is 3. The van der Waals surface area contributed by atoms with Crippen molar-refractivity contribution in [2.45, 2.75) is 6.10 Å². The molecule has 2 heterocycles. The van der Waals surface area contributed by atoms with Gasteiger partial charge in [-0.3, -0.25) is 4.98 Å². The third kappa shape index (κ3) is 3.04. The lowest BCUT2D eigenvalue weighted by Gasteiger charge is -2.19. The maximum atomic E-state index is 12.8. The maximum Gasteiger partial charge on any atom is 0.343 e. The summed E-state index contributed by atoms with van der Waals surface area (Å²) in [5.41, 5.74) is 2.01. The van der Waals surface area contributed by atoms with Gasteiger partial charge in [-0.1, -0.05) is 42.5 Å². The predicted octanol–water partition coefficient (Wildman–Crippen LogP) is 3.76. The number of esters is 1. The van der Waals surface area contributed by atoms with E-state index in [2.05, 4.69) is 4.98 Å². The Balaban J connectivity index is 1.68. The summed E-state index contributed by atoms with van der Waals surface area (Å²) >= 11 is 0. The van der Waals surface area contributed by atoms with Gasteiger partial charge >= 0.3 is 5.97 Å². The molecular formula is C20H15NO4. The number of aromatic nitrogens is 1. The first-order valence-electron chi connectivity index (χ1n) is 7.87. The summed E-state index contributed by atoms with van der Waals surface area (Å²) in [7, 11) is 0. The Kier molecular flexibility index (Phi) is 4.04. The van der Waals surface area contributed by atoms with Crippen molar-refractivity contribution in [3.05, 3.63) is 89.7 Å². The molecule has 1 aliphatic rings. The van der Waals surface area contributed by atoms with Gasteiger partial charge in [0.1, 0.15) is 5.56 Å². The lowest BCUT2D eigenvalue weighted by atomic mass is 10.0. The van der Waals surface area contributed by atoms with E-state index in [0.717, 1.165) is 11.1 Å². The topological polar surface area (TPSA) is 57.7 Å². The minimum atomic E-state index is -0.555. The molecule has 1 atom stereocenters. The van der Waals surface area contributed by atoms with E-state index in [0.29, 0.717) is 17.1 Å². The second-order valence-electron chi connectivity index (χ2n) is 5.52. The molecule has 2 aromatic carbocycles. The van der Waals surface area contributed by atoms with Crippen LogP contribution in [0.3, 0.4) is 0 Å². The largest absolute Gasteiger partial charge is 0.454 e. The summed E-state index contributed by atoms with van der Waals surface area (Å²) in [6.07, 6.45) is 2.82. The minimum absolute atomic E-state index is 0.102. The van der Waals surface area contributed by atoms with Gasteiger partial charge < -0.3 is 14.2 Å². The quantitative estimate of drug-likeness (QED) is 0.681. The van der Waals surface area contributed by atoms with Crippen molar-refractivity contribution in [3.63, 3.8) is 0 Å². The summed E-state index contributed by atoms with van der Waals surface area (Å²) in [5, 5.41) is 0. The Morgan fingerprint density at radius 3 is 2.60 bits per heavy atom. The monoisotopic (exact) mass is 333 g/mol. The average Bonchev–Trinajstić information content (AvgIpc) is 3.16. The molecule has 124 valence electrons. The molecule has 0 amide bonds. The standard InChI is InChI=1S/C20H15NO4/c22-20(16-9-4-10-17-19(16)24-13-23-17)25-18(14-6-2-1-3-7-14)15-8-5-11-21-12-15/h1-12,18H,13H2/t18-/m1/s1. The predicted molar refractivity (Wildman–Crippen MR) is 90.5 cm³/mol. The molecule has 0 spiro atoms. The zero-order valence-corrected chi connectivity index (χ0v) is 13.3. The van der Waals surface area contributed by atoms with Crippen molar-refractivity contribution in [1.82, 2.24) is 4.98 Å². The minimum Gasteiger partial charge on any atom is -0.454 e. The van der Waals surface area contributed by atoms with Gasteiger partial charge in [0, 0.05) is 18.0 Å². The molecule has 1 aliphatic heterocycles. The molecule has 0 saturated heterocycles. The van der Waals surface area contributed by atoms with E-state index >= 15 is 0 Å². The van der Waals surface area contributed by atoms with E-state index in [1.54, 1.807) is 30.6 Å². The first-order valence-corrected chi connectivity index (χ1v) is 7.87. The third-order valence-corrected chi connectivity index (χ3v) is 3.93. The summed E-state index contributed by atoms with van der Waals surface area (Å²) in [6, 6.07) is 18.4. The van der Waals surface area contributed by atoms with Crippen LogP contribution in [0.4, 0.5) is 0 Å². The molecule has 0 aliphatic carbocycles. The van der Waals surface area contributed by atoms with Crippen molar-refractivity contribution in [2.75, 3.05) is 6.79 Å². The molecule has 3 aromatic rings. The number of carbonyl (C=O) groups is 1. The second kappa shape index (κ2) is 6.65. The van der Waals surface area contributed by atoms with Crippen molar-refractivity contribution in [2.24, 2.45) is 0 Å². The highest BCUT2D eigenvalue weighted by Crippen LogP contribution is 2.37. The van der Waals surface area contributed by atoms with Gasteiger partial charge in [-0.2, -0.15) is 0 Å². The van der Waals surface area contributed by atoms with Gasteiger partial charge in [-0.25, -0.2) is 4.79 Å². The normalized spacial score (nSPS) is 13.3. The summed E-state index contributed by atoms with van der Waals surface area (Å²) in [6.45, 7) is 0.102. The van der Waals surface area contributed by atoms with E-state index in [9.17, 15) is 4.79 Å². The number of rotatable bonds is 4. The van der Waals surface area contributed by atoms with Crippen LogP contribution in [-0.2, 0) is 4.74 Å². The Morgan fingerprint density at radius 2 is 1.80 bits per heavy atom. The van der Waals surface area contributed by atoms with Crippen LogP contribution in [0.2, 0.25) is 0 Å². The number of fused-ring (bicyclic) bond motifs is 1. The molecular weight excluding hydrogens is 318 g/mol. The molecule has 25 heavy (non-hydrogen) atoms. The van der Waals surface area contributed by atoms with Crippen molar-refractivity contribution in [1.29, 1.82) is 0 Å². The molecule has 0 N–H and O–H groups in total. The highest BCUT2D eigenvalue weighted by Gasteiger charge is 2.26. The Labute approximate surface area is 144 Å². The van der Waals surface area contributed by atoms with E-state index in [4.69, 9.17) is 14.2 Å². The van der Waals surface area contributed by atoms with Gasteiger partial charge in [0.25, 0.3) is 0 Å². The first-order chi connectivity index (χ1) is 12.3. The molecule has 5 heteroatoms. The fraction of sp³-hybridized carbons (Fsp3) is 0.100. The van der Waals surface area contributed by atoms with E-state index < -0.39 is 12.1 Å². The van der Waals surface area contributed by atoms with Crippen LogP contribution < -0.4 is 9.47 Å². The first kappa shape index (κ1) is 15.2. The van der Waals surface area contributed by atoms with Crippen molar-refractivity contribution < 1.29 is 19.0 Å². The van der Waals surface area contributed by atoms with Gasteiger partial charge in [-0.05, 0) is 23.8 Å². The molecule has 0 saturated carbocycles. The summed E-state index contributed by atoms with van der Waals surface area (Å²) in [5.74, 6) is 0.498. The van der Waals surface area contributed by atoms with Gasteiger partial charge in [0.2, 0.25) is 6.79 Å². The lowest BCUT2D eigenvalue weighted by Crippen LogP contribution is -2.13. The van der Waals surface area contributed by atoms with Crippen LogP contribution in [0.5, 0.6) is 11.5 Å². The van der Waals surface area contributed by atoms with Crippen LogP contribution in [0.15, 0.2) is 73.1 Å². The second-order valence-corrected chi connectivity index (χ2v) is 5.52. The Hall–Kier alpha value is -3.34. The van der Waals surface area contributed by atoms with E-state index in [1.165, 1.54) is 0 Å². The number of nitrogens with zero attached hydrogens (tertiary/aromatic N) is 1. The van der Waals surface area contributed by atoms with Crippen LogP contribution in [0, 0.1) is 0 Å². The van der Waals surface area contributed by atoms with Crippen molar-refractivity contribution in [3.8, 4) is 11.5 Å². The fourth-order valence-electron chi connectivity index (χ4n) is 2.75. The number of benzene rings is 2. The molecule has 0 radical (unpaired) electrons.